The highest BCUT2D eigenvalue weighted by Gasteiger charge is 2.26. The number of hydrogen-bond acceptors (Lipinski definition) is 4. The average Bonchev–Trinajstić information content (AvgIpc) is 3.36. The van der Waals surface area contributed by atoms with E-state index >= 15 is 0 Å². The molecule has 132 valence electrons. The van der Waals surface area contributed by atoms with Crippen LogP contribution in [0.3, 0.4) is 0 Å². The molecule has 3 rings (SSSR count). The number of carbonyl (C=O) groups excluding carboxylic acids is 1. The van der Waals surface area contributed by atoms with Gasteiger partial charge in [0.1, 0.15) is 6.10 Å². The van der Waals surface area contributed by atoms with E-state index in [9.17, 15) is 4.79 Å². The second kappa shape index (κ2) is 7.53. The third-order valence-electron chi connectivity index (χ3n) is 4.57. The molecule has 0 aromatic heterocycles. The summed E-state index contributed by atoms with van der Waals surface area (Å²) in [5.41, 5.74) is 1.88. The molecule has 24 heavy (non-hydrogen) atoms. The summed E-state index contributed by atoms with van der Waals surface area (Å²) in [7, 11) is 0. The van der Waals surface area contributed by atoms with Crippen molar-refractivity contribution in [3.63, 3.8) is 0 Å². The van der Waals surface area contributed by atoms with E-state index < -0.39 is 6.10 Å². The molecule has 0 unspecified atom stereocenters. The van der Waals surface area contributed by atoms with Crippen molar-refractivity contribution in [3.05, 3.63) is 24.3 Å². The van der Waals surface area contributed by atoms with E-state index in [2.05, 4.69) is 30.1 Å². The van der Waals surface area contributed by atoms with Gasteiger partial charge in [0.15, 0.2) is 0 Å². The van der Waals surface area contributed by atoms with E-state index in [1.807, 2.05) is 25.1 Å². The molecule has 2 fully saturated rings. The van der Waals surface area contributed by atoms with Gasteiger partial charge in [0, 0.05) is 13.1 Å². The van der Waals surface area contributed by atoms with E-state index in [0.717, 1.165) is 24.5 Å². The van der Waals surface area contributed by atoms with E-state index in [1.165, 1.54) is 12.8 Å². The van der Waals surface area contributed by atoms with Gasteiger partial charge >= 0.3 is 0 Å². The van der Waals surface area contributed by atoms with Crippen molar-refractivity contribution in [2.24, 2.45) is 5.92 Å². The molecule has 0 bridgehead atoms. The van der Waals surface area contributed by atoms with Gasteiger partial charge in [-0.15, -0.1) is 0 Å². The zero-order chi connectivity index (χ0) is 17.1. The van der Waals surface area contributed by atoms with Crippen molar-refractivity contribution >= 4 is 17.3 Å². The van der Waals surface area contributed by atoms with Crippen molar-refractivity contribution in [2.75, 3.05) is 29.9 Å². The molecule has 5 nitrogen and oxygen atoms in total. The van der Waals surface area contributed by atoms with Crippen molar-refractivity contribution < 1.29 is 14.3 Å². The van der Waals surface area contributed by atoms with Gasteiger partial charge in [0.05, 0.1) is 30.2 Å². The molecule has 1 aliphatic heterocycles. The number of para-hydroxylation sites is 2. The topological polar surface area (TPSA) is 50.8 Å². The summed E-state index contributed by atoms with van der Waals surface area (Å²) in [6.45, 7) is 8.32. The normalized spacial score (nSPS) is 25.4. The number of nitrogens with zero attached hydrogens (tertiary/aromatic N) is 1. The highest BCUT2D eigenvalue weighted by atomic mass is 16.5. The van der Waals surface area contributed by atoms with E-state index in [4.69, 9.17) is 9.47 Å². The molecular formula is C19H28N2O3. The predicted molar refractivity (Wildman–Crippen MR) is 95.4 cm³/mol. The summed E-state index contributed by atoms with van der Waals surface area (Å²) in [6.07, 6.45) is 2.38. The van der Waals surface area contributed by atoms with E-state index in [-0.39, 0.29) is 18.1 Å². The van der Waals surface area contributed by atoms with E-state index in [0.29, 0.717) is 12.5 Å². The van der Waals surface area contributed by atoms with Gasteiger partial charge in [0.25, 0.3) is 5.91 Å². The zero-order valence-corrected chi connectivity index (χ0v) is 14.8. The second-order valence-corrected chi connectivity index (χ2v) is 7.09. The highest BCUT2D eigenvalue weighted by molar-refractivity contribution is 5.97. The van der Waals surface area contributed by atoms with Gasteiger partial charge in [-0.3, -0.25) is 4.79 Å². The Hall–Kier alpha value is -1.59. The van der Waals surface area contributed by atoms with Crippen LogP contribution in [0.5, 0.6) is 0 Å². The molecule has 1 saturated heterocycles. The van der Waals surface area contributed by atoms with Crippen molar-refractivity contribution in [3.8, 4) is 0 Å². The lowest BCUT2D eigenvalue weighted by Gasteiger charge is -2.37. The summed E-state index contributed by atoms with van der Waals surface area (Å²) in [5, 5.41) is 3.03. The molecule has 1 amide bonds. The predicted octanol–water partition coefficient (Wildman–Crippen LogP) is 3.05. The Bertz CT molecular complexity index is 563. The molecule has 1 aromatic carbocycles. The maximum atomic E-state index is 12.4. The lowest BCUT2D eigenvalue weighted by molar-refractivity contribution is -0.126. The Balaban J connectivity index is 1.65. The van der Waals surface area contributed by atoms with Gasteiger partial charge in [-0.2, -0.15) is 0 Å². The first-order valence-electron chi connectivity index (χ1n) is 8.95. The maximum Gasteiger partial charge on any atom is 0.253 e. The van der Waals surface area contributed by atoms with Crippen LogP contribution < -0.4 is 10.2 Å². The molecule has 1 saturated carbocycles. The number of benzene rings is 1. The van der Waals surface area contributed by atoms with Crippen LogP contribution >= 0.6 is 0 Å². The molecular weight excluding hydrogens is 304 g/mol. The SMILES string of the molecule is C[C@@H]1CN(c2ccccc2NC(=O)[C@H](C)OCC2CC2)C[C@H](C)O1. The maximum absolute atomic E-state index is 12.4. The minimum absolute atomic E-state index is 0.0857. The quantitative estimate of drug-likeness (QED) is 0.870. The van der Waals surface area contributed by atoms with Crippen molar-refractivity contribution in [2.45, 2.75) is 51.9 Å². The van der Waals surface area contributed by atoms with Crippen LogP contribution in [-0.4, -0.2) is 43.9 Å². The standard InChI is InChI=1S/C19H28N2O3/c1-13-10-21(11-14(2)24-13)18-7-5-4-6-17(18)20-19(22)15(3)23-12-16-8-9-16/h4-7,13-16H,8-12H2,1-3H3,(H,20,22)/t13-,14+,15-/m0/s1. The average molecular weight is 332 g/mol. The summed E-state index contributed by atoms with van der Waals surface area (Å²) in [5.74, 6) is 0.571. The smallest absolute Gasteiger partial charge is 0.253 e. The number of morpholine rings is 1. The molecule has 1 aliphatic carbocycles. The van der Waals surface area contributed by atoms with Crippen LogP contribution in [0.25, 0.3) is 0 Å². The largest absolute Gasteiger partial charge is 0.372 e. The van der Waals surface area contributed by atoms with Gasteiger partial charge in [0.2, 0.25) is 0 Å². The molecule has 1 N–H and O–H groups in total. The van der Waals surface area contributed by atoms with E-state index in [1.54, 1.807) is 0 Å². The molecule has 5 heteroatoms. The number of ether oxygens (including phenoxy) is 2. The van der Waals surface area contributed by atoms with Gasteiger partial charge in [-0.25, -0.2) is 0 Å². The number of carbonyl (C=O) groups is 1. The molecule has 1 aromatic rings. The minimum Gasteiger partial charge on any atom is -0.372 e. The summed E-state index contributed by atoms with van der Waals surface area (Å²) < 4.78 is 11.5. The second-order valence-electron chi connectivity index (χ2n) is 7.09. The molecule has 0 radical (unpaired) electrons. The highest BCUT2D eigenvalue weighted by Crippen LogP contribution is 2.30. The summed E-state index contributed by atoms with van der Waals surface area (Å²) >= 11 is 0. The number of hydrogen-bond donors (Lipinski definition) is 1. The molecule has 3 atom stereocenters. The first-order chi connectivity index (χ1) is 11.5. The Labute approximate surface area is 144 Å². The molecule has 0 spiro atoms. The van der Waals surface area contributed by atoms with Crippen molar-refractivity contribution in [1.29, 1.82) is 0 Å². The third kappa shape index (κ3) is 4.48. The lowest BCUT2D eigenvalue weighted by Crippen LogP contribution is -2.45. The monoisotopic (exact) mass is 332 g/mol. The van der Waals surface area contributed by atoms with Crippen LogP contribution in [-0.2, 0) is 14.3 Å². The van der Waals surface area contributed by atoms with Crippen LogP contribution in [0.1, 0.15) is 33.6 Å². The number of amides is 1. The lowest BCUT2D eigenvalue weighted by atomic mass is 10.1. The molecule has 2 aliphatic rings. The summed E-state index contributed by atoms with van der Waals surface area (Å²) in [6, 6.07) is 7.95. The van der Waals surface area contributed by atoms with Crippen LogP contribution in [0.2, 0.25) is 0 Å². The third-order valence-corrected chi connectivity index (χ3v) is 4.57. The van der Waals surface area contributed by atoms with Crippen LogP contribution in [0.15, 0.2) is 24.3 Å². The van der Waals surface area contributed by atoms with Gasteiger partial charge < -0.3 is 19.7 Å². The first kappa shape index (κ1) is 17.2. The number of nitrogens with one attached hydrogen (secondary N) is 1. The van der Waals surface area contributed by atoms with Crippen LogP contribution in [0, 0.1) is 5.92 Å². The summed E-state index contributed by atoms with van der Waals surface area (Å²) in [4.78, 5) is 14.7. The first-order valence-corrected chi connectivity index (χ1v) is 8.95. The van der Waals surface area contributed by atoms with Crippen LogP contribution in [0.4, 0.5) is 11.4 Å². The Morgan fingerprint density at radius 1 is 1.29 bits per heavy atom. The number of rotatable bonds is 6. The zero-order valence-electron chi connectivity index (χ0n) is 14.8. The number of anilines is 2. The fraction of sp³-hybridized carbons (Fsp3) is 0.632. The Kier molecular flexibility index (Phi) is 5.41. The van der Waals surface area contributed by atoms with Gasteiger partial charge in [-0.1, -0.05) is 12.1 Å². The van der Waals surface area contributed by atoms with Crippen molar-refractivity contribution in [1.82, 2.24) is 0 Å². The Morgan fingerprint density at radius 2 is 1.96 bits per heavy atom. The minimum atomic E-state index is -0.429. The fourth-order valence-corrected chi connectivity index (χ4v) is 3.10. The molecule has 1 heterocycles. The van der Waals surface area contributed by atoms with Gasteiger partial charge in [-0.05, 0) is 51.7 Å². The Morgan fingerprint density at radius 3 is 2.62 bits per heavy atom. The fourth-order valence-electron chi connectivity index (χ4n) is 3.10.